The highest BCUT2D eigenvalue weighted by molar-refractivity contribution is 7.20. The Kier molecular flexibility index (Phi) is 4.88. The van der Waals surface area contributed by atoms with Gasteiger partial charge >= 0.3 is 5.97 Å². The van der Waals surface area contributed by atoms with Gasteiger partial charge in [-0.05, 0) is 38.0 Å². The zero-order chi connectivity index (χ0) is 19.0. The maximum absolute atomic E-state index is 12.4. The first-order valence-corrected chi connectivity index (χ1v) is 9.93. The van der Waals surface area contributed by atoms with Gasteiger partial charge in [0.15, 0.2) is 6.61 Å². The van der Waals surface area contributed by atoms with Crippen LogP contribution in [0.1, 0.15) is 28.2 Å². The summed E-state index contributed by atoms with van der Waals surface area (Å²) in [5, 5.41) is 5.99. The van der Waals surface area contributed by atoms with Crippen LogP contribution in [0.2, 0.25) is 5.02 Å². The smallest absolute Gasteiger partial charge is 0.348 e. The van der Waals surface area contributed by atoms with Gasteiger partial charge in [-0.2, -0.15) is 5.10 Å². The summed E-state index contributed by atoms with van der Waals surface area (Å²) in [6.07, 6.45) is 2.02. The van der Waals surface area contributed by atoms with Gasteiger partial charge in [0.25, 0.3) is 5.91 Å². The summed E-state index contributed by atoms with van der Waals surface area (Å²) in [5.74, 6) is -0.630. The van der Waals surface area contributed by atoms with Crippen LogP contribution in [0, 0.1) is 6.92 Å². The number of nitrogens with zero attached hydrogens (tertiary/aromatic N) is 3. The standard InChI is InChI=1S/C19H18ClN3O3S/c1-12-13-10-16(19(25)26-11-17(24)22-8-4-5-9-22)27-18(13)23(21-12)15-7-3-2-6-14(15)20/h2-3,6-7,10H,4-5,8-9,11H2,1H3. The van der Waals surface area contributed by atoms with Crippen LogP contribution < -0.4 is 0 Å². The maximum Gasteiger partial charge on any atom is 0.348 e. The number of hydrogen-bond donors (Lipinski definition) is 0. The van der Waals surface area contributed by atoms with Gasteiger partial charge in [-0.25, -0.2) is 9.48 Å². The number of hydrogen-bond acceptors (Lipinski definition) is 5. The van der Waals surface area contributed by atoms with Crippen molar-refractivity contribution in [3.8, 4) is 5.69 Å². The highest BCUT2D eigenvalue weighted by Gasteiger charge is 2.22. The molecule has 27 heavy (non-hydrogen) atoms. The minimum atomic E-state index is -0.492. The Bertz CT molecular complexity index is 1020. The number of rotatable bonds is 4. The topological polar surface area (TPSA) is 64.4 Å². The molecular formula is C19H18ClN3O3S. The number of benzene rings is 1. The summed E-state index contributed by atoms with van der Waals surface area (Å²) in [6, 6.07) is 9.18. The number of likely N-dealkylation sites (tertiary alicyclic amines) is 1. The lowest BCUT2D eigenvalue weighted by Crippen LogP contribution is -2.31. The number of para-hydroxylation sites is 1. The van der Waals surface area contributed by atoms with Crippen molar-refractivity contribution in [3.05, 3.63) is 45.9 Å². The predicted octanol–water partition coefficient (Wildman–Crippen LogP) is 3.83. The molecule has 4 rings (SSSR count). The monoisotopic (exact) mass is 403 g/mol. The fraction of sp³-hybridized carbons (Fsp3) is 0.316. The second kappa shape index (κ2) is 7.32. The van der Waals surface area contributed by atoms with E-state index in [9.17, 15) is 9.59 Å². The molecule has 1 aromatic carbocycles. The van der Waals surface area contributed by atoms with E-state index in [0.717, 1.165) is 47.5 Å². The molecule has 1 amide bonds. The molecular weight excluding hydrogens is 386 g/mol. The number of halogens is 1. The van der Waals surface area contributed by atoms with E-state index in [1.165, 1.54) is 11.3 Å². The van der Waals surface area contributed by atoms with Gasteiger partial charge in [-0.15, -0.1) is 11.3 Å². The predicted molar refractivity (Wildman–Crippen MR) is 105 cm³/mol. The summed E-state index contributed by atoms with van der Waals surface area (Å²) in [5.41, 5.74) is 1.55. The average molecular weight is 404 g/mol. The molecule has 1 aliphatic heterocycles. The van der Waals surface area contributed by atoms with Crippen molar-refractivity contribution in [3.63, 3.8) is 0 Å². The first-order chi connectivity index (χ1) is 13.0. The van der Waals surface area contributed by atoms with Gasteiger partial charge in [0.2, 0.25) is 0 Å². The van der Waals surface area contributed by atoms with Crippen molar-refractivity contribution in [1.29, 1.82) is 0 Å². The maximum atomic E-state index is 12.4. The van der Waals surface area contributed by atoms with Gasteiger partial charge in [-0.3, -0.25) is 4.79 Å². The molecule has 0 unspecified atom stereocenters. The van der Waals surface area contributed by atoms with Crippen molar-refractivity contribution in [2.75, 3.05) is 19.7 Å². The second-order valence-corrected chi connectivity index (χ2v) is 7.88. The van der Waals surface area contributed by atoms with Crippen molar-refractivity contribution >= 4 is 45.0 Å². The van der Waals surface area contributed by atoms with Gasteiger partial charge in [0.1, 0.15) is 9.71 Å². The van der Waals surface area contributed by atoms with Crippen molar-refractivity contribution in [2.45, 2.75) is 19.8 Å². The number of aromatic nitrogens is 2. The van der Waals surface area contributed by atoms with Gasteiger partial charge in [-0.1, -0.05) is 23.7 Å². The number of fused-ring (bicyclic) bond motifs is 1. The summed E-state index contributed by atoms with van der Waals surface area (Å²) >= 11 is 7.58. The lowest BCUT2D eigenvalue weighted by atomic mass is 10.3. The number of carbonyl (C=O) groups is 2. The van der Waals surface area contributed by atoms with Crippen molar-refractivity contribution in [1.82, 2.24) is 14.7 Å². The van der Waals surface area contributed by atoms with Crippen LogP contribution in [0.4, 0.5) is 0 Å². The minimum absolute atomic E-state index is 0.139. The summed E-state index contributed by atoms with van der Waals surface area (Å²) in [4.78, 5) is 27.5. The minimum Gasteiger partial charge on any atom is -0.451 e. The van der Waals surface area contributed by atoms with Crippen molar-refractivity contribution < 1.29 is 14.3 Å². The number of thiophene rings is 1. The van der Waals surface area contributed by atoms with Crippen LogP contribution in [0.5, 0.6) is 0 Å². The molecule has 0 N–H and O–H groups in total. The van der Waals surface area contributed by atoms with Crippen LogP contribution in [0.15, 0.2) is 30.3 Å². The first-order valence-electron chi connectivity index (χ1n) is 8.73. The Morgan fingerprint density at radius 3 is 2.74 bits per heavy atom. The van der Waals surface area contributed by atoms with E-state index in [1.807, 2.05) is 25.1 Å². The molecule has 8 heteroatoms. The van der Waals surface area contributed by atoms with E-state index >= 15 is 0 Å². The molecule has 2 aromatic heterocycles. The van der Waals surface area contributed by atoms with Crippen LogP contribution in [-0.4, -0.2) is 46.3 Å². The van der Waals surface area contributed by atoms with Gasteiger partial charge < -0.3 is 9.64 Å². The molecule has 3 aromatic rings. The Labute approximate surface area is 165 Å². The molecule has 1 saturated heterocycles. The molecule has 0 saturated carbocycles. The number of carbonyl (C=O) groups excluding carboxylic acids is 2. The third-order valence-electron chi connectivity index (χ3n) is 4.61. The average Bonchev–Trinajstić information content (AvgIpc) is 3.38. The number of esters is 1. The summed E-state index contributed by atoms with van der Waals surface area (Å²) < 4.78 is 6.97. The fourth-order valence-corrected chi connectivity index (χ4v) is 4.48. The zero-order valence-corrected chi connectivity index (χ0v) is 16.3. The molecule has 0 atom stereocenters. The van der Waals surface area contributed by atoms with Crippen LogP contribution >= 0.6 is 22.9 Å². The molecule has 140 valence electrons. The second-order valence-electron chi connectivity index (χ2n) is 6.44. The molecule has 1 fully saturated rings. The highest BCUT2D eigenvalue weighted by Crippen LogP contribution is 2.32. The molecule has 1 aliphatic rings. The summed E-state index contributed by atoms with van der Waals surface area (Å²) in [6.45, 7) is 3.15. The van der Waals surface area contributed by atoms with Crippen LogP contribution in [0.3, 0.4) is 0 Å². The van der Waals surface area contributed by atoms with Crippen LogP contribution in [0.25, 0.3) is 15.9 Å². The Hall–Kier alpha value is -2.38. The van der Waals surface area contributed by atoms with E-state index < -0.39 is 5.97 Å². The number of amides is 1. The lowest BCUT2D eigenvalue weighted by Gasteiger charge is -2.14. The number of ether oxygens (including phenoxy) is 1. The molecule has 0 bridgehead atoms. The SMILES string of the molecule is Cc1nn(-c2ccccc2Cl)c2sc(C(=O)OCC(=O)N3CCCC3)cc12. The van der Waals surface area contributed by atoms with E-state index in [1.54, 1.807) is 21.7 Å². The van der Waals surface area contributed by atoms with E-state index in [4.69, 9.17) is 16.3 Å². The summed E-state index contributed by atoms with van der Waals surface area (Å²) in [7, 11) is 0. The highest BCUT2D eigenvalue weighted by atomic mass is 35.5. The fourth-order valence-electron chi connectivity index (χ4n) is 3.19. The van der Waals surface area contributed by atoms with Crippen molar-refractivity contribution in [2.24, 2.45) is 0 Å². The molecule has 0 spiro atoms. The number of aryl methyl sites for hydroxylation is 1. The molecule has 3 heterocycles. The van der Waals surface area contributed by atoms with E-state index in [0.29, 0.717) is 9.90 Å². The normalized spacial score (nSPS) is 14.1. The largest absolute Gasteiger partial charge is 0.451 e. The molecule has 0 radical (unpaired) electrons. The van der Waals surface area contributed by atoms with Crippen LogP contribution in [-0.2, 0) is 9.53 Å². The first kappa shape index (κ1) is 18.0. The zero-order valence-electron chi connectivity index (χ0n) is 14.8. The Morgan fingerprint density at radius 1 is 1.26 bits per heavy atom. The van der Waals surface area contributed by atoms with Gasteiger partial charge in [0.05, 0.1) is 16.4 Å². The van der Waals surface area contributed by atoms with Gasteiger partial charge in [0, 0.05) is 18.5 Å². The lowest BCUT2D eigenvalue weighted by molar-refractivity contribution is -0.133. The van der Waals surface area contributed by atoms with E-state index in [2.05, 4.69) is 5.10 Å². The molecule has 6 nitrogen and oxygen atoms in total. The van der Waals surface area contributed by atoms with E-state index in [-0.39, 0.29) is 12.5 Å². The third kappa shape index (κ3) is 3.44. The molecule has 0 aliphatic carbocycles. The Morgan fingerprint density at radius 2 is 2.00 bits per heavy atom. The third-order valence-corrected chi connectivity index (χ3v) is 6.02. The Balaban J connectivity index is 1.56. The quantitative estimate of drug-likeness (QED) is 0.621.